The summed E-state index contributed by atoms with van der Waals surface area (Å²) in [6.07, 6.45) is 0. The molecule has 0 spiro atoms. The first-order valence-electron chi connectivity index (χ1n) is 5.02. The summed E-state index contributed by atoms with van der Waals surface area (Å²) in [7, 11) is 0. The molecule has 0 amide bonds. The van der Waals surface area contributed by atoms with E-state index in [0.717, 1.165) is 25.5 Å². The molecule has 84 valence electrons. The van der Waals surface area contributed by atoms with Crippen LogP contribution >= 0.6 is 43.2 Å². The van der Waals surface area contributed by atoms with Gasteiger partial charge in [-0.15, -0.1) is 0 Å². The normalized spacial score (nSPS) is 10.9. The molecule has 0 aliphatic carbocycles. The SMILES string of the molecule is Brc1cc(Br)c2nc(-c3ccsc3)ccc2c1. The third kappa shape index (κ3) is 2.17. The lowest BCUT2D eigenvalue weighted by Crippen LogP contribution is -1.85. The van der Waals surface area contributed by atoms with Crippen LogP contribution in [-0.2, 0) is 0 Å². The number of benzene rings is 1. The Morgan fingerprint density at radius 3 is 2.71 bits per heavy atom. The summed E-state index contributed by atoms with van der Waals surface area (Å²) in [6, 6.07) is 10.3. The van der Waals surface area contributed by atoms with Gasteiger partial charge in [-0.1, -0.05) is 22.0 Å². The molecule has 0 radical (unpaired) electrons. The molecule has 3 aromatic rings. The summed E-state index contributed by atoms with van der Waals surface area (Å²) >= 11 is 8.73. The summed E-state index contributed by atoms with van der Waals surface area (Å²) in [5, 5.41) is 5.31. The van der Waals surface area contributed by atoms with Crippen LogP contribution in [0.1, 0.15) is 0 Å². The Kier molecular flexibility index (Phi) is 3.03. The number of nitrogens with zero attached hydrogens (tertiary/aromatic N) is 1. The number of hydrogen-bond acceptors (Lipinski definition) is 2. The van der Waals surface area contributed by atoms with Gasteiger partial charge < -0.3 is 0 Å². The number of aromatic nitrogens is 1. The van der Waals surface area contributed by atoms with Gasteiger partial charge in [-0.3, -0.25) is 0 Å². The summed E-state index contributed by atoms with van der Waals surface area (Å²) in [4.78, 5) is 4.70. The maximum atomic E-state index is 4.70. The molecule has 2 heterocycles. The Hall–Kier alpha value is -0.710. The maximum absolute atomic E-state index is 4.70. The van der Waals surface area contributed by atoms with Crippen LogP contribution < -0.4 is 0 Å². The minimum Gasteiger partial charge on any atom is -0.247 e. The lowest BCUT2D eigenvalue weighted by atomic mass is 10.1. The van der Waals surface area contributed by atoms with Crippen molar-refractivity contribution in [3.8, 4) is 11.3 Å². The Morgan fingerprint density at radius 1 is 1.06 bits per heavy atom. The van der Waals surface area contributed by atoms with Crippen molar-refractivity contribution in [2.45, 2.75) is 0 Å². The first-order valence-corrected chi connectivity index (χ1v) is 7.55. The van der Waals surface area contributed by atoms with E-state index in [-0.39, 0.29) is 0 Å². The third-order valence-corrected chi connectivity index (χ3v) is 4.27. The molecule has 1 aromatic carbocycles. The minimum atomic E-state index is 0.997. The second-order valence-corrected chi connectivity index (χ2v) is 6.22. The smallest absolute Gasteiger partial charge is 0.0852 e. The highest BCUT2D eigenvalue weighted by Crippen LogP contribution is 2.30. The van der Waals surface area contributed by atoms with Crippen LogP contribution in [0.15, 0.2) is 50.0 Å². The lowest BCUT2D eigenvalue weighted by molar-refractivity contribution is 1.39. The largest absolute Gasteiger partial charge is 0.247 e. The number of pyridine rings is 1. The molecule has 0 bridgehead atoms. The maximum Gasteiger partial charge on any atom is 0.0852 e. The van der Waals surface area contributed by atoms with Gasteiger partial charge in [-0.2, -0.15) is 11.3 Å². The zero-order valence-corrected chi connectivity index (χ0v) is 12.6. The fourth-order valence-corrected chi connectivity index (χ4v) is 3.72. The standard InChI is InChI=1S/C13H7Br2NS/c14-10-5-8-1-2-12(9-3-4-17-7-9)16-13(8)11(15)6-10/h1-7H. The molecule has 0 saturated carbocycles. The summed E-state index contributed by atoms with van der Waals surface area (Å²) < 4.78 is 2.07. The number of thiophene rings is 1. The van der Waals surface area contributed by atoms with E-state index in [1.807, 2.05) is 6.07 Å². The molecule has 0 aliphatic heterocycles. The van der Waals surface area contributed by atoms with E-state index in [1.54, 1.807) is 11.3 Å². The van der Waals surface area contributed by atoms with E-state index >= 15 is 0 Å². The molecule has 4 heteroatoms. The van der Waals surface area contributed by atoms with E-state index in [4.69, 9.17) is 4.98 Å². The van der Waals surface area contributed by atoms with Crippen molar-refractivity contribution in [1.29, 1.82) is 0 Å². The van der Waals surface area contributed by atoms with E-state index < -0.39 is 0 Å². The Morgan fingerprint density at radius 2 is 1.94 bits per heavy atom. The molecule has 0 atom stereocenters. The monoisotopic (exact) mass is 367 g/mol. The third-order valence-electron chi connectivity index (χ3n) is 2.53. The number of hydrogen-bond donors (Lipinski definition) is 0. The van der Waals surface area contributed by atoms with Crippen molar-refractivity contribution in [2.24, 2.45) is 0 Å². The summed E-state index contributed by atoms with van der Waals surface area (Å²) in [5.41, 5.74) is 3.19. The van der Waals surface area contributed by atoms with Crippen LogP contribution in [-0.4, -0.2) is 4.98 Å². The van der Waals surface area contributed by atoms with Crippen LogP contribution in [0.3, 0.4) is 0 Å². The summed E-state index contributed by atoms with van der Waals surface area (Å²) in [6.45, 7) is 0. The van der Waals surface area contributed by atoms with Gasteiger partial charge in [0.1, 0.15) is 0 Å². The molecule has 2 aromatic heterocycles. The predicted molar refractivity (Wildman–Crippen MR) is 80.5 cm³/mol. The molecular formula is C13H7Br2NS. The molecule has 3 rings (SSSR count). The van der Waals surface area contributed by atoms with Crippen LogP contribution in [0.25, 0.3) is 22.2 Å². The molecular weight excluding hydrogens is 362 g/mol. The van der Waals surface area contributed by atoms with Gasteiger partial charge >= 0.3 is 0 Å². The molecule has 0 fully saturated rings. The van der Waals surface area contributed by atoms with E-state index in [0.29, 0.717) is 0 Å². The average molecular weight is 369 g/mol. The van der Waals surface area contributed by atoms with E-state index in [2.05, 4.69) is 66.9 Å². The van der Waals surface area contributed by atoms with Crippen molar-refractivity contribution >= 4 is 54.1 Å². The fourth-order valence-electron chi connectivity index (χ4n) is 1.73. The van der Waals surface area contributed by atoms with E-state index in [1.165, 1.54) is 5.56 Å². The molecule has 0 saturated heterocycles. The van der Waals surface area contributed by atoms with Gasteiger partial charge in [0.15, 0.2) is 0 Å². The fraction of sp³-hybridized carbons (Fsp3) is 0. The average Bonchev–Trinajstić information content (AvgIpc) is 2.82. The van der Waals surface area contributed by atoms with Crippen LogP contribution in [0, 0.1) is 0 Å². The molecule has 17 heavy (non-hydrogen) atoms. The highest BCUT2D eigenvalue weighted by atomic mass is 79.9. The number of halogens is 2. The Labute approximate surface area is 120 Å². The second kappa shape index (κ2) is 4.52. The van der Waals surface area contributed by atoms with Gasteiger partial charge in [0, 0.05) is 25.3 Å². The van der Waals surface area contributed by atoms with Gasteiger partial charge in [-0.25, -0.2) is 4.98 Å². The van der Waals surface area contributed by atoms with Crippen LogP contribution in [0.2, 0.25) is 0 Å². The molecule has 0 aliphatic rings. The van der Waals surface area contributed by atoms with Crippen molar-refractivity contribution in [2.75, 3.05) is 0 Å². The highest BCUT2D eigenvalue weighted by molar-refractivity contribution is 9.11. The van der Waals surface area contributed by atoms with Gasteiger partial charge in [-0.05, 0) is 45.6 Å². The Balaban J connectivity index is 2.26. The Bertz CT molecular complexity index is 677. The topological polar surface area (TPSA) is 12.9 Å². The molecule has 1 nitrogen and oxygen atoms in total. The zero-order valence-electron chi connectivity index (χ0n) is 8.65. The number of rotatable bonds is 1. The number of fused-ring (bicyclic) bond motifs is 1. The van der Waals surface area contributed by atoms with Crippen LogP contribution in [0.5, 0.6) is 0 Å². The second-order valence-electron chi connectivity index (χ2n) is 3.67. The van der Waals surface area contributed by atoms with Crippen molar-refractivity contribution in [3.63, 3.8) is 0 Å². The quantitative estimate of drug-likeness (QED) is 0.553. The highest BCUT2D eigenvalue weighted by Gasteiger charge is 2.05. The van der Waals surface area contributed by atoms with Crippen LogP contribution in [0.4, 0.5) is 0 Å². The van der Waals surface area contributed by atoms with Gasteiger partial charge in [0.2, 0.25) is 0 Å². The lowest BCUT2D eigenvalue weighted by Gasteiger charge is -2.04. The van der Waals surface area contributed by atoms with E-state index in [9.17, 15) is 0 Å². The van der Waals surface area contributed by atoms with Crippen molar-refractivity contribution in [1.82, 2.24) is 4.98 Å². The molecule has 0 N–H and O–H groups in total. The van der Waals surface area contributed by atoms with Crippen molar-refractivity contribution in [3.05, 3.63) is 50.0 Å². The van der Waals surface area contributed by atoms with Gasteiger partial charge in [0.05, 0.1) is 11.2 Å². The summed E-state index contributed by atoms with van der Waals surface area (Å²) in [5.74, 6) is 0. The first kappa shape index (κ1) is 11.4. The van der Waals surface area contributed by atoms with Gasteiger partial charge in [0.25, 0.3) is 0 Å². The predicted octanol–water partition coefficient (Wildman–Crippen LogP) is 5.49. The molecule has 0 unspecified atom stereocenters. The zero-order chi connectivity index (χ0) is 11.8. The minimum absolute atomic E-state index is 0.997. The first-order chi connectivity index (χ1) is 8.24. The van der Waals surface area contributed by atoms with Crippen molar-refractivity contribution < 1.29 is 0 Å².